The van der Waals surface area contributed by atoms with E-state index in [0.29, 0.717) is 12.2 Å². The number of amides is 1. The van der Waals surface area contributed by atoms with E-state index in [0.717, 1.165) is 17.1 Å². The molecule has 3 aromatic rings. The van der Waals surface area contributed by atoms with Crippen molar-refractivity contribution in [2.24, 2.45) is 7.05 Å². The van der Waals surface area contributed by atoms with Gasteiger partial charge in [-0.3, -0.25) is 9.59 Å². The molecule has 0 spiro atoms. The zero-order chi connectivity index (χ0) is 18.2. The lowest BCUT2D eigenvalue weighted by atomic mass is 10.1. The first-order valence-electron chi connectivity index (χ1n) is 7.48. The highest BCUT2D eigenvalue weighted by molar-refractivity contribution is 6.03. The molecule has 25 heavy (non-hydrogen) atoms. The Hall–Kier alpha value is -3.42. The Bertz CT molecular complexity index is 853. The Balaban J connectivity index is 0.000000701. The third-order valence-corrected chi connectivity index (χ3v) is 3.58. The van der Waals surface area contributed by atoms with Gasteiger partial charge in [0.05, 0.1) is 19.1 Å². The van der Waals surface area contributed by atoms with Gasteiger partial charge in [0, 0.05) is 25.1 Å². The van der Waals surface area contributed by atoms with Crippen LogP contribution in [0, 0.1) is 6.92 Å². The first-order chi connectivity index (χ1) is 12.1. The summed E-state index contributed by atoms with van der Waals surface area (Å²) in [4.78, 5) is 28.9. The van der Waals surface area contributed by atoms with Crippen molar-refractivity contribution in [3.63, 3.8) is 0 Å². The van der Waals surface area contributed by atoms with Crippen LogP contribution in [-0.4, -0.2) is 36.6 Å². The number of benzene rings is 1. The summed E-state index contributed by atoms with van der Waals surface area (Å²) >= 11 is 0. The minimum Gasteiger partial charge on any atom is -0.483 e. The summed E-state index contributed by atoms with van der Waals surface area (Å²) in [5.41, 5.74) is 2.34. The number of aromatic nitrogens is 4. The summed E-state index contributed by atoms with van der Waals surface area (Å²) in [5.74, 6) is 0.766. The van der Waals surface area contributed by atoms with E-state index in [9.17, 15) is 4.79 Å². The number of rotatable bonds is 4. The minimum atomic E-state index is -0.250. The summed E-state index contributed by atoms with van der Waals surface area (Å²) in [6, 6.07) is 7.76. The highest BCUT2D eigenvalue weighted by atomic mass is 16.3. The molecule has 0 unspecified atom stereocenters. The molecule has 0 bridgehead atoms. The highest BCUT2D eigenvalue weighted by Crippen LogP contribution is 2.18. The zero-order valence-corrected chi connectivity index (χ0v) is 14.0. The predicted molar refractivity (Wildman–Crippen MR) is 92.4 cm³/mol. The van der Waals surface area contributed by atoms with Gasteiger partial charge in [-0.2, -0.15) is 0 Å². The van der Waals surface area contributed by atoms with E-state index in [1.807, 2.05) is 42.0 Å². The standard InChI is InChI=1S/C16H17N5O.CH2O2/c1-12-18-7-8-21(12)10-13-5-3-4-6-14(13)19-16(22)15-9-17-11-20(15)2;2-1-3/h3-9,11H,10H2,1-2H3,(H,19,22);1H,(H,2,3). The molecule has 2 N–H and O–H groups in total. The Morgan fingerprint density at radius 2 is 2.08 bits per heavy atom. The Morgan fingerprint density at radius 3 is 2.68 bits per heavy atom. The monoisotopic (exact) mass is 341 g/mol. The molecule has 0 atom stereocenters. The molecule has 130 valence electrons. The lowest BCUT2D eigenvalue weighted by molar-refractivity contribution is -0.122. The average molecular weight is 341 g/mol. The second kappa shape index (κ2) is 8.44. The summed E-state index contributed by atoms with van der Waals surface area (Å²) in [6.07, 6.45) is 6.86. The van der Waals surface area contributed by atoms with Crippen LogP contribution < -0.4 is 5.32 Å². The number of nitrogens with one attached hydrogen (secondary N) is 1. The molecule has 2 heterocycles. The molecule has 8 nitrogen and oxygen atoms in total. The first-order valence-corrected chi connectivity index (χ1v) is 7.48. The van der Waals surface area contributed by atoms with E-state index >= 15 is 0 Å². The summed E-state index contributed by atoms with van der Waals surface area (Å²) in [7, 11) is 1.79. The van der Waals surface area contributed by atoms with Gasteiger partial charge in [0.25, 0.3) is 12.4 Å². The number of nitrogens with zero attached hydrogens (tertiary/aromatic N) is 4. The minimum absolute atomic E-state index is 0.171. The van der Waals surface area contributed by atoms with Gasteiger partial charge in [-0.05, 0) is 18.6 Å². The molecule has 1 amide bonds. The van der Waals surface area contributed by atoms with E-state index < -0.39 is 0 Å². The molecular weight excluding hydrogens is 322 g/mol. The first kappa shape index (κ1) is 17.9. The molecule has 0 radical (unpaired) electrons. The van der Waals surface area contributed by atoms with Crippen molar-refractivity contribution in [3.05, 3.63) is 66.3 Å². The second-order valence-electron chi connectivity index (χ2n) is 5.21. The normalized spacial score (nSPS) is 9.84. The van der Waals surface area contributed by atoms with E-state index in [2.05, 4.69) is 15.3 Å². The van der Waals surface area contributed by atoms with E-state index in [1.54, 1.807) is 30.3 Å². The molecule has 1 aromatic carbocycles. The van der Waals surface area contributed by atoms with Crippen LogP contribution in [0.15, 0.2) is 49.2 Å². The van der Waals surface area contributed by atoms with E-state index in [-0.39, 0.29) is 12.4 Å². The van der Waals surface area contributed by atoms with Gasteiger partial charge in [0.2, 0.25) is 0 Å². The predicted octanol–water partition coefficient (Wildman–Crippen LogP) is 1.93. The van der Waals surface area contributed by atoms with Crippen LogP contribution in [0.5, 0.6) is 0 Å². The van der Waals surface area contributed by atoms with Gasteiger partial charge in [0.15, 0.2) is 0 Å². The topological polar surface area (TPSA) is 102 Å². The second-order valence-corrected chi connectivity index (χ2v) is 5.21. The van der Waals surface area contributed by atoms with Gasteiger partial charge >= 0.3 is 0 Å². The van der Waals surface area contributed by atoms with Gasteiger partial charge in [0.1, 0.15) is 11.5 Å². The maximum Gasteiger partial charge on any atom is 0.290 e. The number of imidazole rings is 2. The molecule has 3 rings (SSSR count). The number of para-hydroxylation sites is 1. The van der Waals surface area contributed by atoms with Gasteiger partial charge in [-0.1, -0.05) is 18.2 Å². The van der Waals surface area contributed by atoms with Crippen LogP contribution in [0.25, 0.3) is 0 Å². The lowest BCUT2D eigenvalue weighted by Gasteiger charge is -2.12. The number of aryl methyl sites for hydroxylation is 2. The Kier molecular flexibility index (Phi) is 6.05. The van der Waals surface area contributed by atoms with Gasteiger partial charge in [-0.25, -0.2) is 9.97 Å². The summed E-state index contributed by atoms with van der Waals surface area (Å²) < 4.78 is 3.73. The summed E-state index contributed by atoms with van der Waals surface area (Å²) in [5, 5.41) is 9.84. The number of hydrogen-bond acceptors (Lipinski definition) is 4. The van der Waals surface area contributed by atoms with Crippen molar-refractivity contribution < 1.29 is 14.7 Å². The van der Waals surface area contributed by atoms with Crippen molar-refractivity contribution >= 4 is 18.1 Å². The van der Waals surface area contributed by atoms with Crippen LogP contribution in [-0.2, 0) is 18.4 Å². The number of carbonyl (C=O) groups excluding carboxylic acids is 1. The Labute approximate surface area is 144 Å². The van der Waals surface area contributed by atoms with E-state index in [1.165, 1.54) is 0 Å². The largest absolute Gasteiger partial charge is 0.483 e. The van der Waals surface area contributed by atoms with E-state index in [4.69, 9.17) is 9.90 Å². The van der Waals surface area contributed by atoms with Crippen LogP contribution in [0.4, 0.5) is 5.69 Å². The van der Waals surface area contributed by atoms with Crippen molar-refractivity contribution in [1.29, 1.82) is 0 Å². The van der Waals surface area contributed by atoms with Crippen molar-refractivity contribution in [2.45, 2.75) is 13.5 Å². The summed E-state index contributed by atoms with van der Waals surface area (Å²) in [6.45, 7) is 2.37. The highest BCUT2D eigenvalue weighted by Gasteiger charge is 2.12. The molecule has 0 fully saturated rings. The average Bonchev–Trinajstić information content (AvgIpc) is 3.19. The lowest BCUT2D eigenvalue weighted by Crippen LogP contribution is -2.17. The van der Waals surface area contributed by atoms with Crippen molar-refractivity contribution in [1.82, 2.24) is 19.1 Å². The van der Waals surface area contributed by atoms with Crippen LogP contribution in [0.2, 0.25) is 0 Å². The van der Waals surface area contributed by atoms with Crippen LogP contribution >= 0.6 is 0 Å². The van der Waals surface area contributed by atoms with Gasteiger partial charge in [-0.15, -0.1) is 0 Å². The smallest absolute Gasteiger partial charge is 0.290 e. The number of hydrogen-bond donors (Lipinski definition) is 2. The van der Waals surface area contributed by atoms with Crippen LogP contribution in [0.1, 0.15) is 21.9 Å². The maximum absolute atomic E-state index is 12.3. The number of anilines is 1. The molecule has 0 aliphatic heterocycles. The number of carbonyl (C=O) groups is 2. The third-order valence-electron chi connectivity index (χ3n) is 3.58. The molecule has 8 heteroatoms. The zero-order valence-electron chi connectivity index (χ0n) is 14.0. The van der Waals surface area contributed by atoms with Crippen LogP contribution in [0.3, 0.4) is 0 Å². The fraction of sp³-hybridized carbons (Fsp3) is 0.176. The SMILES string of the molecule is Cc1nccn1Cc1ccccc1NC(=O)c1cncn1C.O=CO. The van der Waals surface area contributed by atoms with Crippen molar-refractivity contribution in [3.8, 4) is 0 Å². The molecule has 0 saturated carbocycles. The fourth-order valence-corrected chi connectivity index (χ4v) is 2.30. The molecule has 0 aliphatic carbocycles. The molecule has 0 aliphatic rings. The molecule has 0 saturated heterocycles. The van der Waals surface area contributed by atoms with Crippen molar-refractivity contribution in [2.75, 3.05) is 5.32 Å². The number of carboxylic acid groups (broad SMARTS) is 1. The third kappa shape index (κ3) is 4.54. The Morgan fingerprint density at radius 1 is 1.36 bits per heavy atom. The molecular formula is C17H19N5O3. The fourth-order valence-electron chi connectivity index (χ4n) is 2.30. The molecule has 2 aromatic heterocycles. The van der Waals surface area contributed by atoms with Gasteiger partial charge < -0.3 is 19.6 Å². The maximum atomic E-state index is 12.3. The quantitative estimate of drug-likeness (QED) is 0.706.